The van der Waals surface area contributed by atoms with Gasteiger partial charge in [0.05, 0.1) is 34.5 Å². The van der Waals surface area contributed by atoms with Crippen molar-refractivity contribution in [3.8, 4) is 12.1 Å². The summed E-state index contributed by atoms with van der Waals surface area (Å²) >= 11 is 11.4. The molecule has 2 aromatic carbocycles. The SMILES string of the molecule is Cc1cc(C#N)ccc1C(=O)Nc1c(C#N)ccc(C(=O)NC2C(Cl)=CC=CC2(Cl)C(F)(C(F)(F)F)C(F)(F)C(F)(F)F)c1F. The van der Waals surface area contributed by atoms with Crippen LogP contribution in [-0.4, -0.2) is 46.7 Å². The summed E-state index contributed by atoms with van der Waals surface area (Å²) < 4.78 is 141. The lowest BCUT2D eigenvalue weighted by Crippen LogP contribution is -2.75. The number of nitrogens with zero attached hydrogens (tertiary/aromatic N) is 2. The minimum Gasteiger partial charge on any atom is -0.342 e. The van der Waals surface area contributed by atoms with E-state index in [2.05, 4.69) is 0 Å². The minimum absolute atomic E-state index is 0.123. The van der Waals surface area contributed by atoms with Crippen LogP contribution in [0.2, 0.25) is 0 Å². The number of rotatable bonds is 6. The molecule has 0 aromatic heterocycles. The third-order valence-corrected chi connectivity index (χ3v) is 7.57. The molecule has 0 fully saturated rings. The van der Waals surface area contributed by atoms with Crippen molar-refractivity contribution in [2.75, 3.05) is 5.32 Å². The zero-order chi connectivity index (χ0) is 34.3. The second-order valence-corrected chi connectivity index (χ2v) is 10.4. The standard InChI is InChI=1S/C27H14Cl2F10N4O2/c1-12-9-13(10-40)4-6-15(12)21(44)42-19-14(11-41)5-7-16(18(19)30)22(45)43-20-17(28)3-2-8-23(20,29)24(31,26(34,35)36)25(32,33)27(37,38)39/h2-9,20H,1H3,(H,42,44)(H,43,45). The van der Waals surface area contributed by atoms with Crippen LogP contribution in [-0.2, 0) is 0 Å². The largest absolute Gasteiger partial charge is 0.457 e. The molecule has 18 heteroatoms. The molecule has 2 N–H and O–H groups in total. The summed E-state index contributed by atoms with van der Waals surface area (Å²) in [6.45, 7) is 1.41. The molecule has 0 bridgehead atoms. The van der Waals surface area contributed by atoms with Gasteiger partial charge in [-0.3, -0.25) is 9.59 Å². The number of halogens is 12. The summed E-state index contributed by atoms with van der Waals surface area (Å²) in [6, 6.07) is 5.30. The van der Waals surface area contributed by atoms with Crippen molar-refractivity contribution in [1.29, 1.82) is 10.5 Å². The van der Waals surface area contributed by atoms with Gasteiger partial charge in [-0.15, -0.1) is 11.6 Å². The van der Waals surface area contributed by atoms with Crippen molar-refractivity contribution in [2.45, 2.75) is 41.8 Å². The van der Waals surface area contributed by atoms with Crippen LogP contribution in [0.25, 0.3) is 0 Å². The smallest absolute Gasteiger partial charge is 0.342 e. The number of hydrogen-bond acceptors (Lipinski definition) is 4. The Labute approximate surface area is 256 Å². The Hall–Kier alpha value is -4.28. The number of benzene rings is 2. The number of carbonyl (C=O) groups excluding carboxylic acids is 2. The average Bonchev–Trinajstić information content (AvgIpc) is 2.93. The lowest BCUT2D eigenvalue weighted by atomic mass is 9.74. The summed E-state index contributed by atoms with van der Waals surface area (Å²) in [5, 5.41) is 20.7. The first-order chi connectivity index (χ1) is 20.6. The normalized spacial score (nSPS) is 19.9. The van der Waals surface area contributed by atoms with E-state index in [0.717, 1.165) is 6.07 Å². The summed E-state index contributed by atoms with van der Waals surface area (Å²) in [5.74, 6) is -11.9. The molecule has 0 saturated carbocycles. The lowest BCUT2D eigenvalue weighted by Gasteiger charge is -2.48. The molecule has 45 heavy (non-hydrogen) atoms. The van der Waals surface area contributed by atoms with Crippen molar-refractivity contribution >= 4 is 40.7 Å². The zero-order valence-electron chi connectivity index (χ0n) is 21.9. The zero-order valence-corrected chi connectivity index (χ0v) is 23.5. The van der Waals surface area contributed by atoms with Gasteiger partial charge >= 0.3 is 23.9 Å². The predicted octanol–water partition coefficient (Wildman–Crippen LogP) is 7.37. The Morgan fingerprint density at radius 3 is 2.02 bits per heavy atom. The molecule has 0 saturated heterocycles. The summed E-state index contributed by atoms with van der Waals surface area (Å²) in [7, 11) is 0. The van der Waals surface area contributed by atoms with Gasteiger partial charge in [0.15, 0.2) is 5.82 Å². The van der Waals surface area contributed by atoms with Crippen molar-refractivity contribution < 1.29 is 53.5 Å². The maximum Gasteiger partial charge on any atom is 0.457 e. The predicted molar refractivity (Wildman–Crippen MR) is 139 cm³/mol. The van der Waals surface area contributed by atoms with Gasteiger partial charge in [0.25, 0.3) is 11.8 Å². The number of allylic oxidation sites excluding steroid dienone is 2. The Balaban J connectivity index is 2.10. The molecule has 2 amide bonds. The Kier molecular flexibility index (Phi) is 9.31. The summed E-state index contributed by atoms with van der Waals surface area (Å²) in [4.78, 5) is 21.4. The molecular formula is C27H14Cl2F10N4O2. The topological polar surface area (TPSA) is 106 Å². The Morgan fingerprint density at radius 1 is 0.911 bits per heavy atom. The molecule has 6 nitrogen and oxygen atoms in total. The van der Waals surface area contributed by atoms with Gasteiger partial charge in [-0.25, -0.2) is 8.78 Å². The molecule has 1 aliphatic rings. The molecule has 1 aliphatic carbocycles. The number of nitrogens with one attached hydrogen (secondary N) is 2. The first-order valence-electron chi connectivity index (χ1n) is 11.9. The van der Waals surface area contributed by atoms with E-state index >= 15 is 8.78 Å². The van der Waals surface area contributed by atoms with E-state index < -0.39 is 74.3 Å². The molecule has 3 unspecified atom stereocenters. The van der Waals surface area contributed by atoms with Crippen LogP contribution >= 0.6 is 23.2 Å². The van der Waals surface area contributed by atoms with Crippen LogP contribution < -0.4 is 10.6 Å². The molecule has 0 spiro atoms. The third kappa shape index (κ3) is 5.80. The van der Waals surface area contributed by atoms with Gasteiger partial charge in [0, 0.05) is 10.6 Å². The third-order valence-electron chi connectivity index (χ3n) is 6.62. The molecule has 0 heterocycles. The van der Waals surface area contributed by atoms with Crippen molar-refractivity contribution in [3.63, 3.8) is 0 Å². The van der Waals surface area contributed by atoms with Crippen LogP contribution in [0.15, 0.2) is 53.6 Å². The number of alkyl halides is 10. The monoisotopic (exact) mass is 686 g/mol. The van der Waals surface area contributed by atoms with E-state index in [1.54, 1.807) is 0 Å². The van der Waals surface area contributed by atoms with Gasteiger partial charge in [0.2, 0.25) is 0 Å². The van der Waals surface area contributed by atoms with E-state index in [1.165, 1.54) is 36.5 Å². The van der Waals surface area contributed by atoms with Crippen LogP contribution in [0.4, 0.5) is 49.6 Å². The van der Waals surface area contributed by atoms with E-state index in [1.807, 2.05) is 11.4 Å². The highest BCUT2D eigenvalue weighted by molar-refractivity contribution is 6.34. The number of anilines is 1. The number of carbonyl (C=O) groups is 2. The quantitative estimate of drug-likeness (QED) is 0.245. The first-order valence-corrected chi connectivity index (χ1v) is 12.6. The Morgan fingerprint density at radius 2 is 1.51 bits per heavy atom. The number of amides is 2. The van der Waals surface area contributed by atoms with Gasteiger partial charge in [0.1, 0.15) is 10.9 Å². The second kappa shape index (κ2) is 11.9. The number of nitriles is 2. The van der Waals surface area contributed by atoms with Crippen molar-refractivity contribution in [1.82, 2.24) is 5.32 Å². The first kappa shape index (κ1) is 35.2. The fourth-order valence-corrected chi connectivity index (χ4v) is 5.16. The van der Waals surface area contributed by atoms with Crippen LogP contribution in [0.1, 0.15) is 37.4 Å². The highest BCUT2D eigenvalue weighted by Gasteiger charge is 2.88. The molecule has 0 aliphatic heterocycles. The van der Waals surface area contributed by atoms with Crippen LogP contribution in [0, 0.1) is 35.4 Å². The summed E-state index contributed by atoms with van der Waals surface area (Å²) in [6.07, 6.45) is -13.5. The highest BCUT2D eigenvalue weighted by atomic mass is 35.5. The average molecular weight is 687 g/mol. The van der Waals surface area contributed by atoms with Crippen molar-refractivity contribution in [2.24, 2.45) is 0 Å². The van der Waals surface area contributed by atoms with Gasteiger partial charge in [-0.2, -0.15) is 45.6 Å². The molecule has 238 valence electrons. The van der Waals surface area contributed by atoms with Gasteiger partial charge in [-0.1, -0.05) is 23.8 Å². The molecule has 3 rings (SSSR count). The molecule has 3 atom stereocenters. The molecule has 2 aromatic rings. The summed E-state index contributed by atoms with van der Waals surface area (Å²) in [5.41, 5.74) is -9.18. The minimum atomic E-state index is -7.22. The van der Waals surface area contributed by atoms with Crippen LogP contribution in [0.5, 0.6) is 0 Å². The lowest BCUT2D eigenvalue weighted by molar-refractivity contribution is -0.389. The van der Waals surface area contributed by atoms with Crippen molar-refractivity contribution in [3.05, 3.63) is 87.2 Å². The highest BCUT2D eigenvalue weighted by Crippen LogP contribution is 2.61. The number of hydrogen-bond donors (Lipinski definition) is 2. The van der Waals surface area contributed by atoms with Gasteiger partial charge < -0.3 is 10.6 Å². The number of aryl methyl sites for hydroxylation is 1. The molecular weight excluding hydrogens is 673 g/mol. The van der Waals surface area contributed by atoms with Crippen LogP contribution in [0.3, 0.4) is 0 Å². The van der Waals surface area contributed by atoms with Gasteiger partial charge in [-0.05, 0) is 48.9 Å². The van der Waals surface area contributed by atoms with E-state index in [-0.39, 0.29) is 22.8 Å². The molecule has 0 radical (unpaired) electrons. The maximum absolute atomic E-state index is 15.6. The second-order valence-electron chi connectivity index (χ2n) is 9.37. The Bertz CT molecular complexity index is 1710. The van der Waals surface area contributed by atoms with E-state index in [0.29, 0.717) is 18.2 Å². The fraction of sp³-hybridized carbons (Fsp3) is 0.259. The van der Waals surface area contributed by atoms with E-state index in [9.17, 15) is 50.0 Å². The fourth-order valence-electron chi connectivity index (χ4n) is 4.34. The van der Waals surface area contributed by atoms with E-state index in [4.69, 9.17) is 28.5 Å². The maximum atomic E-state index is 15.6.